The van der Waals surface area contributed by atoms with Crippen LogP contribution in [0.1, 0.15) is 16.4 Å². The summed E-state index contributed by atoms with van der Waals surface area (Å²) in [7, 11) is 1.87. The van der Waals surface area contributed by atoms with Gasteiger partial charge in [-0.15, -0.1) is 11.3 Å². The number of rotatable bonds is 5. The van der Waals surface area contributed by atoms with Crippen LogP contribution in [-0.4, -0.2) is 28.5 Å². The van der Waals surface area contributed by atoms with Crippen molar-refractivity contribution >= 4 is 23.0 Å². The minimum absolute atomic E-state index is 0.765. The van der Waals surface area contributed by atoms with Crippen LogP contribution in [0.15, 0.2) is 11.6 Å². The third kappa shape index (κ3) is 2.95. The topological polar surface area (TPSA) is 62.7 Å². The number of aromatic nitrogens is 3. The number of nitrogens with one attached hydrogen (secondary N) is 2. The Balaban J connectivity index is 2.02. The van der Waals surface area contributed by atoms with Crippen LogP contribution in [0.4, 0.5) is 11.6 Å². The van der Waals surface area contributed by atoms with Crippen molar-refractivity contribution in [1.82, 2.24) is 15.0 Å². The van der Waals surface area contributed by atoms with Crippen LogP contribution >= 0.6 is 11.3 Å². The first-order valence-electron chi connectivity index (χ1n) is 5.86. The van der Waals surface area contributed by atoms with Gasteiger partial charge >= 0.3 is 0 Å². The second kappa shape index (κ2) is 5.77. The van der Waals surface area contributed by atoms with Crippen LogP contribution in [0, 0.1) is 13.8 Å². The molecule has 0 unspecified atom stereocenters. The predicted molar refractivity (Wildman–Crippen MR) is 75.4 cm³/mol. The molecule has 0 aliphatic rings. The van der Waals surface area contributed by atoms with E-state index in [4.69, 9.17) is 0 Å². The SMILES string of the molecule is CNc1nc(C)nc(NCCc2nccs2)c1C. The van der Waals surface area contributed by atoms with E-state index in [1.54, 1.807) is 11.3 Å². The summed E-state index contributed by atoms with van der Waals surface area (Å²) in [5.41, 5.74) is 1.04. The summed E-state index contributed by atoms with van der Waals surface area (Å²) >= 11 is 1.68. The molecule has 0 amide bonds. The van der Waals surface area contributed by atoms with Gasteiger partial charge in [0.05, 0.1) is 5.01 Å². The Kier molecular flexibility index (Phi) is 4.09. The summed E-state index contributed by atoms with van der Waals surface area (Å²) in [6.45, 7) is 4.73. The maximum Gasteiger partial charge on any atom is 0.134 e. The molecule has 2 N–H and O–H groups in total. The molecule has 0 spiro atoms. The van der Waals surface area contributed by atoms with Gasteiger partial charge in [0.1, 0.15) is 17.5 Å². The molecule has 2 heterocycles. The zero-order valence-corrected chi connectivity index (χ0v) is 11.6. The van der Waals surface area contributed by atoms with Crippen molar-refractivity contribution in [3.8, 4) is 0 Å². The Morgan fingerprint density at radius 3 is 2.67 bits per heavy atom. The van der Waals surface area contributed by atoms with Crippen LogP contribution in [0.25, 0.3) is 0 Å². The summed E-state index contributed by atoms with van der Waals surface area (Å²) in [5, 5.41) is 9.55. The number of hydrogen-bond donors (Lipinski definition) is 2. The Morgan fingerprint density at radius 1 is 1.22 bits per heavy atom. The first kappa shape index (κ1) is 12.8. The highest BCUT2D eigenvalue weighted by Crippen LogP contribution is 2.19. The standard InChI is InChI=1S/C12H17N5S/c1-8-11(13-3)16-9(2)17-12(8)15-5-4-10-14-6-7-18-10/h6-7H,4-5H2,1-3H3,(H2,13,15,16,17). The Morgan fingerprint density at radius 2 is 2.00 bits per heavy atom. The molecule has 18 heavy (non-hydrogen) atoms. The Bertz CT molecular complexity index is 509. The molecule has 6 heteroatoms. The lowest BCUT2D eigenvalue weighted by atomic mass is 10.3. The number of aryl methyl sites for hydroxylation is 1. The fourth-order valence-electron chi connectivity index (χ4n) is 1.71. The average molecular weight is 263 g/mol. The van der Waals surface area contributed by atoms with E-state index < -0.39 is 0 Å². The lowest BCUT2D eigenvalue weighted by Crippen LogP contribution is -2.10. The van der Waals surface area contributed by atoms with Gasteiger partial charge in [0, 0.05) is 37.2 Å². The van der Waals surface area contributed by atoms with Crippen LogP contribution in [0.2, 0.25) is 0 Å². The highest BCUT2D eigenvalue weighted by Gasteiger charge is 2.07. The monoisotopic (exact) mass is 263 g/mol. The largest absolute Gasteiger partial charge is 0.373 e. The van der Waals surface area contributed by atoms with E-state index in [2.05, 4.69) is 25.6 Å². The first-order valence-corrected chi connectivity index (χ1v) is 6.74. The number of nitrogens with zero attached hydrogens (tertiary/aromatic N) is 3. The predicted octanol–water partition coefficient (Wildman–Crippen LogP) is 2.25. The van der Waals surface area contributed by atoms with Crippen molar-refractivity contribution < 1.29 is 0 Å². The van der Waals surface area contributed by atoms with Crippen molar-refractivity contribution in [2.75, 3.05) is 24.2 Å². The van der Waals surface area contributed by atoms with Crippen LogP contribution in [0.5, 0.6) is 0 Å². The number of hydrogen-bond acceptors (Lipinski definition) is 6. The fraction of sp³-hybridized carbons (Fsp3) is 0.417. The molecule has 0 radical (unpaired) electrons. The highest BCUT2D eigenvalue weighted by atomic mass is 32.1. The molecule has 0 aromatic carbocycles. The molecule has 0 saturated carbocycles. The van der Waals surface area contributed by atoms with Gasteiger partial charge in [-0.3, -0.25) is 0 Å². The van der Waals surface area contributed by atoms with E-state index in [0.717, 1.165) is 41.0 Å². The minimum atomic E-state index is 0.765. The summed E-state index contributed by atoms with van der Waals surface area (Å²) in [5.74, 6) is 2.53. The molecule has 2 aromatic rings. The summed E-state index contributed by atoms with van der Waals surface area (Å²) < 4.78 is 0. The molecule has 0 atom stereocenters. The van der Waals surface area contributed by atoms with Crippen molar-refractivity contribution in [2.45, 2.75) is 20.3 Å². The second-order valence-electron chi connectivity index (χ2n) is 3.95. The molecular weight excluding hydrogens is 246 g/mol. The van der Waals surface area contributed by atoms with Gasteiger partial charge in [-0.1, -0.05) is 0 Å². The smallest absolute Gasteiger partial charge is 0.134 e. The van der Waals surface area contributed by atoms with Crippen LogP contribution in [-0.2, 0) is 6.42 Å². The van der Waals surface area contributed by atoms with E-state index in [9.17, 15) is 0 Å². The van der Waals surface area contributed by atoms with E-state index in [1.165, 1.54) is 0 Å². The maximum absolute atomic E-state index is 4.42. The van der Waals surface area contributed by atoms with Crippen molar-refractivity contribution in [3.05, 3.63) is 28.0 Å². The highest BCUT2D eigenvalue weighted by molar-refractivity contribution is 7.09. The molecule has 0 bridgehead atoms. The third-order valence-electron chi connectivity index (χ3n) is 2.61. The minimum Gasteiger partial charge on any atom is -0.373 e. The fourth-order valence-corrected chi connectivity index (χ4v) is 2.33. The first-order chi connectivity index (χ1) is 8.70. The van der Waals surface area contributed by atoms with Gasteiger partial charge in [0.25, 0.3) is 0 Å². The Hall–Kier alpha value is -1.69. The lowest BCUT2D eigenvalue weighted by molar-refractivity contribution is 0.961. The quantitative estimate of drug-likeness (QED) is 0.866. The molecule has 0 aliphatic carbocycles. The van der Waals surface area contributed by atoms with E-state index >= 15 is 0 Å². The second-order valence-corrected chi connectivity index (χ2v) is 4.92. The number of thiazole rings is 1. The lowest BCUT2D eigenvalue weighted by Gasteiger charge is -2.12. The number of anilines is 2. The summed E-state index contributed by atoms with van der Waals surface area (Å²) in [6.07, 6.45) is 2.74. The molecule has 2 rings (SSSR count). The van der Waals surface area contributed by atoms with Crippen LogP contribution in [0.3, 0.4) is 0 Å². The molecular formula is C12H17N5S. The maximum atomic E-state index is 4.42. The Labute approximate surface area is 111 Å². The van der Waals surface area contributed by atoms with Gasteiger partial charge in [-0.25, -0.2) is 15.0 Å². The molecule has 5 nitrogen and oxygen atoms in total. The van der Waals surface area contributed by atoms with Crippen molar-refractivity contribution in [1.29, 1.82) is 0 Å². The van der Waals surface area contributed by atoms with E-state index in [0.29, 0.717) is 0 Å². The van der Waals surface area contributed by atoms with Gasteiger partial charge < -0.3 is 10.6 Å². The molecule has 2 aromatic heterocycles. The van der Waals surface area contributed by atoms with Crippen molar-refractivity contribution in [3.63, 3.8) is 0 Å². The normalized spacial score (nSPS) is 10.4. The molecule has 0 aliphatic heterocycles. The van der Waals surface area contributed by atoms with Gasteiger partial charge in [0.2, 0.25) is 0 Å². The third-order valence-corrected chi connectivity index (χ3v) is 3.45. The van der Waals surface area contributed by atoms with E-state index in [-0.39, 0.29) is 0 Å². The summed E-state index contributed by atoms with van der Waals surface area (Å²) in [4.78, 5) is 13.0. The molecule has 0 saturated heterocycles. The van der Waals surface area contributed by atoms with Crippen molar-refractivity contribution in [2.24, 2.45) is 0 Å². The van der Waals surface area contributed by atoms with Gasteiger partial charge in [0.15, 0.2) is 0 Å². The average Bonchev–Trinajstić information content (AvgIpc) is 2.86. The zero-order chi connectivity index (χ0) is 13.0. The summed E-state index contributed by atoms with van der Waals surface area (Å²) in [6, 6.07) is 0. The van der Waals surface area contributed by atoms with E-state index in [1.807, 2.05) is 32.5 Å². The molecule has 0 fully saturated rings. The van der Waals surface area contributed by atoms with Crippen LogP contribution < -0.4 is 10.6 Å². The van der Waals surface area contributed by atoms with Gasteiger partial charge in [-0.2, -0.15) is 0 Å². The zero-order valence-electron chi connectivity index (χ0n) is 10.8. The molecule has 96 valence electrons. The van der Waals surface area contributed by atoms with Gasteiger partial charge in [-0.05, 0) is 13.8 Å².